The Labute approximate surface area is 139 Å². The van der Waals surface area contributed by atoms with Crippen LogP contribution in [0, 0.1) is 12.7 Å². The summed E-state index contributed by atoms with van der Waals surface area (Å²) in [4.78, 5) is 25.3. The number of hydrogen-bond acceptors (Lipinski definition) is 3. The summed E-state index contributed by atoms with van der Waals surface area (Å²) < 4.78 is 18.5. The molecule has 0 unspecified atom stereocenters. The lowest BCUT2D eigenvalue weighted by Gasteiger charge is -2.21. The zero-order valence-corrected chi connectivity index (χ0v) is 13.6. The highest BCUT2D eigenvalue weighted by atomic mass is 19.1. The molecule has 0 bridgehead atoms. The average molecular weight is 330 g/mol. The Balaban J connectivity index is 2.13. The smallest absolute Gasteiger partial charge is 0.264 e. The second kappa shape index (κ2) is 7.59. The van der Waals surface area contributed by atoms with Crippen LogP contribution in [0.5, 0.6) is 5.75 Å². The van der Waals surface area contributed by atoms with E-state index in [4.69, 9.17) is 10.5 Å². The number of rotatable bonds is 6. The Kier molecular flexibility index (Phi) is 5.52. The number of benzene rings is 2. The zero-order valence-electron chi connectivity index (χ0n) is 13.6. The maximum atomic E-state index is 13.0. The van der Waals surface area contributed by atoms with Crippen LogP contribution < -0.4 is 15.4 Å². The molecular formula is C18H19FN2O3. The van der Waals surface area contributed by atoms with Crippen molar-refractivity contribution in [1.29, 1.82) is 0 Å². The van der Waals surface area contributed by atoms with Crippen LogP contribution in [0.25, 0.3) is 0 Å². The maximum absolute atomic E-state index is 13.0. The van der Waals surface area contributed by atoms with Gasteiger partial charge in [-0.15, -0.1) is 0 Å². The van der Waals surface area contributed by atoms with E-state index in [0.717, 1.165) is 5.56 Å². The molecule has 0 saturated heterocycles. The quantitative estimate of drug-likeness (QED) is 0.885. The molecule has 126 valence electrons. The molecule has 24 heavy (non-hydrogen) atoms. The molecule has 0 aliphatic carbocycles. The summed E-state index contributed by atoms with van der Waals surface area (Å²) in [7, 11) is 0. The van der Waals surface area contributed by atoms with E-state index in [0.29, 0.717) is 12.2 Å². The van der Waals surface area contributed by atoms with E-state index in [1.54, 1.807) is 18.2 Å². The van der Waals surface area contributed by atoms with Gasteiger partial charge in [0.2, 0.25) is 0 Å². The molecule has 2 amide bonds. The van der Waals surface area contributed by atoms with Gasteiger partial charge in [-0.1, -0.05) is 6.07 Å². The van der Waals surface area contributed by atoms with E-state index in [-0.39, 0.29) is 29.6 Å². The van der Waals surface area contributed by atoms with Crippen LogP contribution in [0.1, 0.15) is 22.8 Å². The van der Waals surface area contributed by atoms with Crippen molar-refractivity contribution in [3.8, 4) is 5.75 Å². The fourth-order valence-electron chi connectivity index (χ4n) is 2.29. The number of hydrogen-bond donors (Lipinski definition) is 1. The largest absolute Gasteiger partial charge is 0.483 e. The third kappa shape index (κ3) is 4.10. The van der Waals surface area contributed by atoms with Crippen molar-refractivity contribution in [2.24, 2.45) is 5.73 Å². The fourth-order valence-corrected chi connectivity index (χ4v) is 2.29. The van der Waals surface area contributed by atoms with Crippen LogP contribution in [-0.2, 0) is 4.79 Å². The summed E-state index contributed by atoms with van der Waals surface area (Å²) in [5.41, 5.74) is 6.99. The Morgan fingerprint density at radius 3 is 2.42 bits per heavy atom. The summed E-state index contributed by atoms with van der Waals surface area (Å²) in [6.07, 6.45) is 0. The molecule has 2 aromatic carbocycles. The minimum atomic E-state index is -0.622. The van der Waals surface area contributed by atoms with E-state index in [1.807, 2.05) is 13.8 Å². The number of anilines is 1. The highest BCUT2D eigenvalue weighted by Crippen LogP contribution is 2.21. The number of carbonyl (C=O) groups excluding carboxylic acids is 2. The van der Waals surface area contributed by atoms with Gasteiger partial charge >= 0.3 is 0 Å². The third-order valence-electron chi connectivity index (χ3n) is 3.51. The number of nitrogens with zero attached hydrogens (tertiary/aromatic N) is 1. The monoisotopic (exact) mass is 330 g/mol. The van der Waals surface area contributed by atoms with Gasteiger partial charge in [-0.3, -0.25) is 9.59 Å². The van der Waals surface area contributed by atoms with Gasteiger partial charge < -0.3 is 15.4 Å². The first-order valence-electron chi connectivity index (χ1n) is 7.51. The summed E-state index contributed by atoms with van der Waals surface area (Å²) in [6, 6.07) is 10.6. The third-order valence-corrected chi connectivity index (χ3v) is 3.51. The standard InChI is InChI=1S/C18H19FN2O3/c1-3-21(14-7-5-13(19)6-8-14)17(22)11-24-16-10-12(2)4-9-15(16)18(20)23/h4-10H,3,11H2,1-2H3,(H2,20,23). The molecule has 2 rings (SSSR count). The summed E-state index contributed by atoms with van der Waals surface area (Å²) in [6.45, 7) is 3.80. The predicted molar refractivity (Wildman–Crippen MR) is 89.6 cm³/mol. The molecule has 0 saturated carbocycles. The number of carbonyl (C=O) groups is 2. The molecular weight excluding hydrogens is 311 g/mol. The Hall–Kier alpha value is -2.89. The highest BCUT2D eigenvalue weighted by molar-refractivity contribution is 5.97. The van der Waals surface area contributed by atoms with Crippen molar-refractivity contribution in [3.05, 3.63) is 59.4 Å². The number of amides is 2. The van der Waals surface area contributed by atoms with E-state index < -0.39 is 5.91 Å². The first-order chi connectivity index (χ1) is 11.4. The molecule has 0 radical (unpaired) electrons. The molecule has 2 N–H and O–H groups in total. The van der Waals surface area contributed by atoms with E-state index in [1.165, 1.54) is 29.2 Å². The molecule has 0 aromatic heterocycles. The Morgan fingerprint density at radius 1 is 1.17 bits per heavy atom. The topological polar surface area (TPSA) is 72.6 Å². The van der Waals surface area contributed by atoms with Gasteiger partial charge in [0, 0.05) is 12.2 Å². The highest BCUT2D eigenvalue weighted by Gasteiger charge is 2.16. The number of halogens is 1. The van der Waals surface area contributed by atoms with Gasteiger partial charge in [-0.2, -0.15) is 0 Å². The van der Waals surface area contributed by atoms with Crippen molar-refractivity contribution in [2.75, 3.05) is 18.1 Å². The number of aryl methyl sites for hydroxylation is 1. The number of likely N-dealkylation sites (N-methyl/N-ethyl adjacent to an activating group) is 1. The van der Waals surface area contributed by atoms with Crippen molar-refractivity contribution < 1.29 is 18.7 Å². The lowest BCUT2D eigenvalue weighted by atomic mass is 10.1. The fraction of sp³-hybridized carbons (Fsp3) is 0.222. The summed E-state index contributed by atoms with van der Waals surface area (Å²) in [5, 5.41) is 0. The Morgan fingerprint density at radius 2 is 1.83 bits per heavy atom. The van der Waals surface area contributed by atoms with Crippen LogP contribution in [0.15, 0.2) is 42.5 Å². The first kappa shape index (κ1) is 17.5. The van der Waals surface area contributed by atoms with E-state index >= 15 is 0 Å². The van der Waals surface area contributed by atoms with Crippen molar-refractivity contribution in [3.63, 3.8) is 0 Å². The summed E-state index contributed by atoms with van der Waals surface area (Å²) >= 11 is 0. The van der Waals surface area contributed by atoms with Gasteiger partial charge in [0.1, 0.15) is 11.6 Å². The van der Waals surface area contributed by atoms with Gasteiger partial charge in [0.15, 0.2) is 6.61 Å². The molecule has 5 nitrogen and oxygen atoms in total. The van der Waals surface area contributed by atoms with Crippen LogP contribution in [-0.4, -0.2) is 25.0 Å². The van der Waals surface area contributed by atoms with E-state index in [9.17, 15) is 14.0 Å². The molecule has 0 aliphatic heterocycles. The minimum Gasteiger partial charge on any atom is -0.483 e. The lowest BCUT2D eigenvalue weighted by Crippen LogP contribution is -2.35. The van der Waals surface area contributed by atoms with Gasteiger partial charge in [0.25, 0.3) is 11.8 Å². The molecule has 0 atom stereocenters. The minimum absolute atomic E-state index is 0.221. The normalized spacial score (nSPS) is 10.3. The number of nitrogens with two attached hydrogens (primary N) is 1. The van der Waals surface area contributed by atoms with Crippen molar-refractivity contribution >= 4 is 17.5 Å². The molecule has 0 aliphatic rings. The van der Waals surface area contributed by atoms with Gasteiger partial charge in [-0.25, -0.2) is 4.39 Å². The zero-order chi connectivity index (χ0) is 17.7. The molecule has 2 aromatic rings. The van der Waals surface area contributed by atoms with Crippen LogP contribution in [0.2, 0.25) is 0 Å². The SMILES string of the molecule is CCN(C(=O)COc1cc(C)ccc1C(N)=O)c1ccc(F)cc1. The van der Waals surface area contributed by atoms with E-state index in [2.05, 4.69) is 0 Å². The van der Waals surface area contributed by atoms with Gasteiger partial charge in [0.05, 0.1) is 5.56 Å². The first-order valence-corrected chi connectivity index (χ1v) is 7.51. The maximum Gasteiger partial charge on any atom is 0.264 e. The number of primary amides is 1. The van der Waals surface area contributed by atoms with Crippen molar-refractivity contribution in [1.82, 2.24) is 0 Å². The molecule has 0 fully saturated rings. The second-order valence-electron chi connectivity index (χ2n) is 5.27. The van der Waals surface area contributed by atoms with Gasteiger partial charge in [-0.05, 0) is 55.8 Å². The summed E-state index contributed by atoms with van der Waals surface area (Å²) in [5.74, 6) is -1.03. The second-order valence-corrected chi connectivity index (χ2v) is 5.27. The molecule has 0 heterocycles. The van der Waals surface area contributed by atoms with Crippen LogP contribution >= 0.6 is 0 Å². The molecule has 0 spiro atoms. The lowest BCUT2D eigenvalue weighted by molar-refractivity contribution is -0.120. The van der Waals surface area contributed by atoms with Crippen LogP contribution in [0.3, 0.4) is 0 Å². The number of ether oxygens (including phenoxy) is 1. The Bertz CT molecular complexity index is 744. The van der Waals surface area contributed by atoms with Crippen LogP contribution in [0.4, 0.5) is 10.1 Å². The molecule has 6 heteroatoms. The average Bonchev–Trinajstić information content (AvgIpc) is 2.55. The predicted octanol–water partition coefficient (Wildman–Crippen LogP) is 2.66. The van der Waals surface area contributed by atoms with Crippen molar-refractivity contribution in [2.45, 2.75) is 13.8 Å².